The Balaban J connectivity index is 2.95. The summed E-state index contributed by atoms with van der Waals surface area (Å²) in [6.07, 6.45) is 0. The van der Waals surface area contributed by atoms with Gasteiger partial charge in [0.25, 0.3) is 5.67 Å². The standard InChI is InChI=1S/C9H5F11O/c1-21-2-3(10)4(11)7(15,16)5(12,6(3,13)14)9(19,20)8(4,17)18/h2H2,1H3. The van der Waals surface area contributed by atoms with Crippen LogP contribution in [0.1, 0.15) is 0 Å². The highest BCUT2D eigenvalue weighted by Crippen LogP contribution is 2.82. The van der Waals surface area contributed by atoms with E-state index in [2.05, 4.69) is 4.74 Å². The molecule has 0 amide bonds. The first kappa shape index (κ1) is 16.6. The molecule has 1 nitrogen and oxygen atoms in total. The summed E-state index contributed by atoms with van der Waals surface area (Å²) in [6, 6.07) is 0. The monoisotopic (exact) mass is 338 g/mol. The van der Waals surface area contributed by atoms with Crippen molar-refractivity contribution < 1.29 is 53.0 Å². The van der Waals surface area contributed by atoms with Crippen LogP contribution in [-0.4, -0.2) is 54.4 Å². The van der Waals surface area contributed by atoms with Crippen molar-refractivity contribution in [3.8, 4) is 0 Å². The third kappa shape index (κ3) is 1.00. The van der Waals surface area contributed by atoms with Crippen LogP contribution in [0.15, 0.2) is 0 Å². The van der Waals surface area contributed by atoms with Gasteiger partial charge in [0, 0.05) is 7.11 Å². The molecule has 0 spiro atoms. The number of halogens is 11. The maximum absolute atomic E-state index is 14.0. The largest absolute Gasteiger partial charge is 0.381 e. The van der Waals surface area contributed by atoms with Gasteiger partial charge >= 0.3 is 29.4 Å². The molecule has 3 atom stereocenters. The summed E-state index contributed by atoms with van der Waals surface area (Å²) in [7, 11) is 0.325. The van der Waals surface area contributed by atoms with Gasteiger partial charge in [0.2, 0.25) is 5.67 Å². The molecule has 0 aromatic carbocycles. The molecule has 0 aliphatic heterocycles. The Labute approximate surface area is 109 Å². The number of rotatable bonds is 2. The highest BCUT2D eigenvalue weighted by molar-refractivity contribution is 5.48. The second-order valence-corrected chi connectivity index (χ2v) is 4.85. The molecule has 21 heavy (non-hydrogen) atoms. The molecule has 2 rings (SSSR count). The van der Waals surface area contributed by atoms with Crippen molar-refractivity contribution in [1.82, 2.24) is 0 Å². The number of hydrogen-bond donors (Lipinski definition) is 0. The number of ether oxygens (including phenoxy) is 1. The lowest BCUT2D eigenvalue weighted by Gasteiger charge is -2.45. The van der Waals surface area contributed by atoms with Gasteiger partial charge in [0.05, 0.1) is 6.61 Å². The van der Waals surface area contributed by atoms with Crippen molar-refractivity contribution in [2.75, 3.05) is 13.7 Å². The van der Waals surface area contributed by atoms with E-state index in [9.17, 15) is 48.3 Å². The van der Waals surface area contributed by atoms with Crippen LogP contribution in [-0.2, 0) is 4.74 Å². The molecule has 3 unspecified atom stereocenters. The zero-order valence-corrected chi connectivity index (χ0v) is 9.77. The van der Waals surface area contributed by atoms with Gasteiger partial charge in [-0.2, -0.15) is 35.1 Å². The van der Waals surface area contributed by atoms with Gasteiger partial charge in [-0.15, -0.1) is 0 Å². The Bertz CT molecular complexity index is 490. The molecule has 2 aliphatic rings. The van der Waals surface area contributed by atoms with Crippen molar-refractivity contribution in [1.29, 1.82) is 0 Å². The van der Waals surface area contributed by atoms with E-state index in [0.29, 0.717) is 7.11 Å². The third-order valence-corrected chi connectivity index (χ3v) is 3.94. The van der Waals surface area contributed by atoms with Crippen LogP contribution in [0.5, 0.6) is 0 Å². The molecule has 0 saturated heterocycles. The maximum Gasteiger partial charge on any atom is 0.359 e. The average molecular weight is 338 g/mol. The molecule has 2 fully saturated rings. The predicted octanol–water partition coefficient (Wildman–Crippen LogP) is 3.33. The molecule has 124 valence electrons. The third-order valence-electron chi connectivity index (χ3n) is 3.94. The summed E-state index contributed by atoms with van der Waals surface area (Å²) in [4.78, 5) is 0. The van der Waals surface area contributed by atoms with Gasteiger partial charge in [0.1, 0.15) is 0 Å². The van der Waals surface area contributed by atoms with E-state index in [4.69, 9.17) is 0 Å². The average Bonchev–Trinajstić information content (AvgIpc) is 2.43. The van der Waals surface area contributed by atoms with Crippen LogP contribution in [0, 0.1) is 0 Å². The molecule has 0 radical (unpaired) electrons. The first-order chi connectivity index (χ1) is 9.06. The quantitative estimate of drug-likeness (QED) is 0.702. The number of methoxy groups -OCH3 is 1. The summed E-state index contributed by atoms with van der Waals surface area (Å²) < 4.78 is 152. The topological polar surface area (TPSA) is 9.23 Å². The molecule has 0 N–H and O–H groups in total. The molecule has 0 aromatic heterocycles. The summed E-state index contributed by atoms with van der Waals surface area (Å²) in [5.74, 6) is -26.7. The van der Waals surface area contributed by atoms with E-state index < -0.39 is 47.3 Å². The van der Waals surface area contributed by atoms with E-state index in [1.54, 1.807) is 0 Å². The van der Waals surface area contributed by atoms with Gasteiger partial charge in [-0.25, -0.2) is 13.2 Å². The lowest BCUT2D eigenvalue weighted by Crippen LogP contribution is -2.76. The Morgan fingerprint density at radius 3 is 1.29 bits per heavy atom. The van der Waals surface area contributed by atoms with Crippen LogP contribution in [0.4, 0.5) is 48.3 Å². The highest BCUT2D eigenvalue weighted by Gasteiger charge is 3.16. The fourth-order valence-corrected chi connectivity index (χ4v) is 2.83. The zero-order valence-electron chi connectivity index (χ0n) is 9.77. The van der Waals surface area contributed by atoms with Crippen LogP contribution in [0.25, 0.3) is 0 Å². The molecule has 2 aliphatic carbocycles. The van der Waals surface area contributed by atoms with E-state index >= 15 is 0 Å². The van der Waals surface area contributed by atoms with Gasteiger partial charge in [-0.05, 0) is 0 Å². The van der Waals surface area contributed by atoms with Crippen LogP contribution >= 0.6 is 0 Å². The molecule has 2 saturated carbocycles. The number of fused-ring (bicyclic) bond motifs is 2. The smallest absolute Gasteiger partial charge is 0.359 e. The van der Waals surface area contributed by atoms with E-state index in [-0.39, 0.29) is 0 Å². The number of alkyl halides is 11. The molecular weight excluding hydrogens is 333 g/mol. The second-order valence-electron chi connectivity index (χ2n) is 4.85. The summed E-state index contributed by atoms with van der Waals surface area (Å²) in [6.45, 7) is -2.48. The van der Waals surface area contributed by atoms with Crippen molar-refractivity contribution in [3.05, 3.63) is 0 Å². The fraction of sp³-hybridized carbons (Fsp3) is 1.00. The Kier molecular flexibility index (Phi) is 2.68. The maximum atomic E-state index is 14.0. The molecular formula is C9H5F11O. The molecule has 2 bridgehead atoms. The molecule has 0 heterocycles. The van der Waals surface area contributed by atoms with E-state index in [0.717, 1.165) is 0 Å². The van der Waals surface area contributed by atoms with Crippen LogP contribution in [0.2, 0.25) is 0 Å². The second kappa shape index (κ2) is 3.40. The van der Waals surface area contributed by atoms with Gasteiger partial charge < -0.3 is 4.74 Å². The Morgan fingerprint density at radius 1 is 0.571 bits per heavy atom. The predicted molar refractivity (Wildman–Crippen MR) is 43.2 cm³/mol. The van der Waals surface area contributed by atoms with Gasteiger partial charge in [-0.3, -0.25) is 0 Å². The highest BCUT2D eigenvalue weighted by atomic mass is 19.3. The summed E-state index contributed by atoms with van der Waals surface area (Å²) in [5, 5.41) is 0. The zero-order chi connectivity index (χ0) is 16.9. The minimum atomic E-state index is -6.84. The first-order valence-electron chi connectivity index (χ1n) is 5.13. The summed E-state index contributed by atoms with van der Waals surface area (Å²) >= 11 is 0. The molecule has 0 aromatic rings. The SMILES string of the molecule is COCC1(F)C(F)(F)C2(F)C(F)(F)C(F)(F)C1(F)C2(F)F. The summed E-state index contributed by atoms with van der Waals surface area (Å²) in [5.41, 5.74) is -18.9. The lowest BCUT2D eigenvalue weighted by atomic mass is 9.75. The van der Waals surface area contributed by atoms with E-state index in [1.165, 1.54) is 0 Å². The minimum Gasteiger partial charge on any atom is -0.381 e. The fourth-order valence-electron chi connectivity index (χ4n) is 2.83. The van der Waals surface area contributed by atoms with Gasteiger partial charge in [-0.1, -0.05) is 0 Å². The van der Waals surface area contributed by atoms with Crippen molar-refractivity contribution >= 4 is 0 Å². The Morgan fingerprint density at radius 2 is 0.952 bits per heavy atom. The van der Waals surface area contributed by atoms with E-state index in [1.807, 2.05) is 0 Å². The van der Waals surface area contributed by atoms with Crippen molar-refractivity contribution in [3.63, 3.8) is 0 Å². The lowest BCUT2D eigenvalue weighted by molar-refractivity contribution is -0.380. The normalized spacial score (nSPS) is 48.6. The Hall–Kier alpha value is -0.810. The number of hydrogen-bond acceptors (Lipinski definition) is 1. The minimum absolute atomic E-state index is 0.325. The molecule has 12 heteroatoms. The van der Waals surface area contributed by atoms with Crippen LogP contribution < -0.4 is 0 Å². The van der Waals surface area contributed by atoms with Crippen LogP contribution in [0.3, 0.4) is 0 Å². The van der Waals surface area contributed by atoms with Crippen molar-refractivity contribution in [2.24, 2.45) is 0 Å². The van der Waals surface area contributed by atoms with Crippen molar-refractivity contribution in [2.45, 2.75) is 40.7 Å². The first-order valence-corrected chi connectivity index (χ1v) is 5.13. The van der Waals surface area contributed by atoms with Gasteiger partial charge in [0.15, 0.2) is 0 Å².